The molecule has 1 saturated heterocycles. The predicted octanol–water partition coefficient (Wildman–Crippen LogP) is 3.01. The minimum absolute atomic E-state index is 0.0447. The van der Waals surface area contributed by atoms with Crippen LogP contribution in [-0.4, -0.2) is 56.0 Å². The van der Waals surface area contributed by atoms with Crippen LogP contribution < -0.4 is 16.0 Å². The number of guanidine groups is 1. The van der Waals surface area contributed by atoms with Gasteiger partial charge in [0.25, 0.3) is 0 Å². The zero-order valence-corrected chi connectivity index (χ0v) is 17.6. The number of hydrogen-bond donors (Lipinski definition) is 3. The van der Waals surface area contributed by atoms with Crippen LogP contribution in [0.25, 0.3) is 0 Å². The lowest BCUT2D eigenvalue weighted by atomic mass is 10.1. The van der Waals surface area contributed by atoms with Gasteiger partial charge in [-0.2, -0.15) is 0 Å². The average Bonchev–Trinajstić information content (AvgIpc) is 2.95. The molecule has 0 spiro atoms. The van der Waals surface area contributed by atoms with E-state index in [9.17, 15) is 4.79 Å². The number of hydrogen-bond acceptors (Lipinski definition) is 3. The second kappa shape index (κ2) is 13.2. The van der Waals surface area contributed by atoms with Crippen LogP contribution in [0, 0.1) is 0 Å². The van der Waals surface area contributed by atoms with Crippen molar-refractivity contribution < 1.29 is 4.79 Å². The van der Waals surface area contributed by atoms with Gasteiger partial charge < -0.3 is 20.9 Å². The molecule has 0 bridgehead atoms. The van der Waals surface area contributed by atoms with Crippen molar-refractivity contribution in [1.29, 1.82) is 0 Å². The van der Waals surface area contributed by atoms with Crippen LogP contribution in [0.15, 0.2) is 29.3 Å². The van der Waals surface area contributed by atoms with Crippen LogP contribution in [-0.2, 0) is 11.2 Å². The third-order valence-corrected chi connectivity index (χ3v) is 4.93. The number of anilines is 1. The molecule has 3 N–H and O–H groups in total. The van der Waals surface area contributed by atoms with Gasteiger partial charge in [-0.15, -0.1) is 0 Å². The number of carbonyl (C=O) groups is 1. The standard InChI is InChI=1S/C22H37N5O/c1-3-23-22(24-14-8-18-27-16-6-4-5-7-17-27)25-15-13-20-9-11-21(12-10-20)26-19(2)28/h9-12H,3-8,13-18H2,1-2H3,(H,26,28)(H2,23,24,25). The Morgan fingerprint density at radius 1 is 1.07 bits per heavy atom. The monoisotopic (exact) mass is 387 g/mol. The number of likely N-dealkylation sites (tertiary alicyclic amines) is 1. The molecule has 0 aromatic heterocycles. The number of amides is 1. The maximum absolute atomic E-state index is 11.1. The van der Waals surface area contributed by atoms with Crippen LogP contribution in [0.4, 0.5) is 5.69 Å². The first kappa shape index (κ1) is 22.2. The van der Waals surface area contributed by atoms with Gasteiger partial charge >= 0.3 is 0 Å². The first-order valence-corrected chi connectivity index (χ1v) is 10.8. The summed E-state index contributed by atoms with van der Waals surface area (Å²) in [6.45, 7) is 9.83. The normalized spacial score (nSPS) is 15.7. The summed E-state index contributed by atoms with van der Waals surface area (Å²) >= 11 is 0. The van der Waals surface area contributed by atoms with E-state index >= 15 is 0 Å². The Balaban J connectivity index is 1.69. The molecule has 1 aliphatic rings. The third-order valence-electron chi connectivity index (χ3n) is 4.93. The Bertz CT molecular complexity index is 591. The Morgan fingerprint density at radius 2 is 1.79 bits per heavy atom. The van der Waals surface area contributed by atoms with Gasteiger partial charge in [0.15, 0.2) is 5.96 Å². The van der Waals surface area contributed by atoms with Crippen molar-refractivity contribution in [1.82, 2.24) is 15.5 Å². The molecule has 156 valence electrons. The molecule has 1 aromatic carbocycles. The van der Waals surface area contributed by atoms with E-state index in [0.717, 1.165) is 50.7 Å². The Morgan fingerprint density at radius 3 is 2.43 bits per heavy atom. The minimum atomic E-state index is -0.0447. The number of carbonyl (C=O) groups excluding carboxylic acids is 1. The summed E-state index contributed by atoms with van der Waals surface area (Å²) in [5, 5.41) is 9.54. The Hall–Kier alpha value is -2.08. The lowest BCUT2D eigenvalue weighted by molar-refractivity contribution is -0.114. The molecule has 0 aliphatic carbocycles. The fourth-order valence-electron chi connectivity index (χ4n) is 3.47. The SMILES string of the molecule is CCNC(=NCCCN1CCCCCC1)NCCc1ccc(NC(C)=O)cc1. The van der Waals surface area contributed by atoms with Crippen molar-refractivity contribution >= 4 is 17.6 Å². The van der Waals surface area contributed by atoms with Gasteiger partial charge in [0.05, 0.1) is 0 Å². The van der Waals surface area contributed by atoms with Gasteiger partial charge in [0.1, 0.15) is 0 Å². The molecule has 0 unspecified atom stereocenters. The van der Waals surface area contributed by atoms with Crippen molar-refractivity contribution in [2.24, 2.45) is 4.99 Å². The fourth-order valence-corrected chi connectivity index (χ4v) is 3.47. The molecule has 28 heavy (non-hydrogen) atoms. The molecule has 2 rings (SSSR count). The van der Waals surface area contributed by atoms with E-state index in [1.807, 2.05) is 12.1 Å². The zero-order valence-electron chi connectivity index (χ0n) is 17.6. The fraction of sp³-hybridized carbons (Fsp3) is 0.636. The minimum Gasteiger partial charge on any atom is -0.357 e. The molecule has 6 heteroatoms. The Kier molecular flexibility index (Phi) is 10.4. The van der Waals surface area contributed by atoms with Gasteiger partial charge in [0, 0.05) is 32.2 Å². The first-order chi connectivity index (χ1) is 13.7. The van der Waals surface area contributed by atoms with Crippen molar-refractivity contribution in [3.05, 3.63) is 29.8 Å². The molecule has 1 aliphatic heterocycles. The third kappa shape index (κ3) is 9.22. The smallest absolute Gasteiger partial charge is 0.221 e. The molecule has 1 amide bonds. The average molecular weight is 388 g/mol. The topological polar surface area (TPSA) is 68.8 Å². The highest BCUT2D eigenvalue weighted by Crippen LogP contribution is 2.10. The van der Waals surface area contributed by atoms with Crippen molar-refractivity contribution in [2.75, 3.05) is 44.6 Å². The summed E-state index contributed by atoms with van der Waals surface area (Å²) in [7, 11) is 0. The molecule has 0 radical (unpaired) electrons. The second-order valence-corrected chi connectivity index (χ2v) is 7.42. The zero-order chi connectivity index (χ0) is 20.0. The van der Waals surface area contributed by atoms with E-state index in [1.165, 1.54) is 51.3 Å². The van der Waals surface area contributed by atoms with Crippen LogP contribution in [0.5, 0.6) is 0 Å². The summed E-state index contributed by atoms with van der Waals surface area (Å²) in [6, 6.07) is 7.99. The summed E-state index contributed by atoms with van der Waals surface area (Å²) < 4.78 is 0. The maximum Gasteiger partial charge on any atom is 0.221 e. The molecule has 1 heterocycles. The lowest BCUT2D eigenvalue weighted by Crippen LogP contribution is -2.38. The molecular weight excluding hydrogens is 350 g/mol. The maximum atomic E-state index is 11.1. The molecular formula is C22H37N5O. The number of nitrogens with one attached hydrogen (secondary N) is 3. The molecule has 0 atom stereocenters. The van der Waals surface area contributed by atoms with Gasteiger partial charge in [-0.3, -0.25) is 9.79 Å². The molecule has 1 fully saturated rings. The summed E-state index contributed by atoms with van der Waals surface area (Å²) in [5.41, 5.74) is 2.07. The van der Waals surface area contributed by atoms with E-state index in [2.05, 4.69) is 39.9 Å². The van der Waals surface area contributed by atoms with E-state index in [4.69, 9.17) is 4.99 Å². The van der Waals surface area contributed by atoms with Crippen molar-refractivity contribution in [2.45, 2.75) is 52.4 Å². The predicted molar refractivity (Wildman–Crippen MR) is 118 cm³/mol. The highest BCUT2D eigenvalue weighted by Gasteiger charge is 2.08. The highest BCUT2D eigenvalue weighted by molar-refractivity contribution is 5.88. The van der Waals surface area contributed by atoms with Crippen LogP contribution in [0.3, 0.4) is 0 Å². The quantitative estimate of drug-likeness (QED) is 0.346. The van der Waals surface area contributed by atoms with E-state index < -0.39 is 0 Å². The van der Waals surface area contributed by atoms with E-state index in [1.54, 1.807) is 0 Å². The van der Waals surface area contributed by atoms with Gasteiger partial charge in [0.2, 0.25) is 5.91 Å². The number of nitrogens with zero attached hydrogens (tertiary/aromatic N) is 2. The van der Waals surface area contributed by atoms with Gasteiger partial charge in [-0.05, 0) is 69.9 Å². The molecule has 6 nitrogen and oxygen atoms in total. The first-order valence-electron chi connectivity index (χ1n) is 10.8. The van der Waals surface area contributed by atoms with Crippen LogP contribution in [0.2, 0.25) is 0 Å². The second-order valence-electron chi connectivity index (χ2n) is 7.42. The number of benzene rings is 1. The van der Waals surface area contributed by atoms with Crippen molar-refractivity contribution in [3.8, 4) is 0 Å². The van der Waals surface area contributed by atoms with Crippen LogP contribution in [0.1, 0.15) is 51.5 Å². The Labute approximate surface area is 170 Å². The summed E-state index contributed by atoms with van der Waals surface area (Å²) in [5.74, 6) is 0.852. The highest BCUT2D eigenvalue weighted by atomic mass is 16.1. The van der Waals surface area contributed by atoms with E-state index in [0.29, 0.717) is 0 Å². The number of aliphatic imine (C=N–C) groups is 1. The van der Waals surface area contributed by atoms with Crippen molar-refractivity contribution in [3.63, 3.8) is 0 Å². The molecule has 1 aromatic rings. The van der Waals surface area contributed by atoms with Gasteiger partial charge in [-0.25, -0.2) is 0 Å². The molecule has 0 saturated carbocycles. The van der Waals surface area contributed by atoms with Crippen LogP contribution >= 0.6 is 0 Å². The lowest BCUT2D eigenvalue weighted by Gasteiger charge is -2.19. The summed E-state index contributed by atoms with van der Waals surface area (Å²) in [6.07, 6.45) is 7.50. The number of rotatable bonds is 9. The summed E-state index contributed by atoms with van der Waals surface area (Å²) in [4.78, 5) is 18.4. The largest absolute Gasteiger partial charge is 0.357 e. The van der Waals surface area contributed by atoms with Gasteiger partial charge in [-0.1, -0.05) is 25.0 Å². The van der Waals surface area contributed by atoms with E-state index in [-0.39, 0.29) is 5.91 Å².